The van der Waals surface area contributed by atoms with Crippen molar-refractivity contribution in [3.63, 3.8) is 0 Å². The molecule has 2 aromatic rings. The highest BCUT2D eigenvalue weighted by Gasteiger charge is 2.25. The predicted molar refractivity (Wildman–Crippen MR) is 95.4 cm³/mol. The standard InChI is InChI=1S/C20H24N2O2/c1-3-21-11-9-17(13-19(21)23)20(24)22-10-5-8-18(14-22)16-7-4-6-15(2)12-16/h4,6-7,9,11-13,18H,3,5,8,10,14H2,1-2H3. The van der Waals surface area contributed by atoms with Crippen molar-refractivity contribution in [1.29, 1.82) is 0 Å². The maximum Gasteiger partial charge on any atom is 0.254 e. The fraction of sp³-hybridized carbons (Fsp3) is 0.400. The molecular formula is C20H24N2O2. The van der Waals surface area contributed by atoms with Gasteiger partial charge in [-0.05, 0) is 38.3 Å². The lowest BCUT2D eigenvalue weighted by Gasteiger charge is -2.33. The predicted octanol–water partition coefficient (Wildman–Crippen LogP) is 3.20. The summed E-state index contributed by atoms with van der Waals surface area (Å²) in [6.07, 6.45) is 3.80. The second-order valence-corrected chi connectivity index (χ2v) is 6.54. The first-order chi connectivity index (χ1) is 11.6. The van der Waals surface area contributed by atoms with Crippen molar-refractivity contribution >= 4 is 5.91 Å². The number of carbonyl (C=O) groups excluding carboxylic acids is 1. The molecule has 1 aliphatic rings. The van der Waals surface area contributed by atoms with E-state index < -0.39 is 0 Å². The fourth-order valence-electron chi connectivity index (χ4n) is 3.44. The van der Waals surface area contributed by atoms with Gasteiger partial charge in [0.15, 0.2) is 0 Å². The maximum atomic E-state index is 12.8. The molecule has 0 bridgehead atoms. The van der Waals surface area contributed by atoms with E-state index in [0.717, 1.165) is 25.9 Å². The number of benzene rings is 1. The van der Waals surface area contributed by atoms with Crippen molar-refractivity contribution in [3.8, 4) is 0 Å². The summed E-state index contributed by atoms with van der Waals surface area (Å²) in [6.45, 7) is 6.11. The van der Waals surface area contributed by atoms with Crippen molar-refractivity contribution in [1.82, 2.24) is 9.47 Å². The zero-order valence-electron chi connectivity index (χ0n) is 14.4. The van der Waals surface area contributed by atoms with E-state index in [4.69, 9.17) is 0 Å². The number of aromatic nitrogens is 1. The number of aryl methyl sites for hydroxylation is 2. The van der Waals surface area contributed by atoms with E-state index in [0.29, 0.717) is 18.0 Å². The highest BCUT2D eigenvalue weighted by atomic mass is 16.2. The van der Waals surface area contributed by atoms with Gasteiger partial charge in [0.05, 0.1) is 0 Å². The van der Waals surface area contributed by atoms with Crippen molar-refractivity contribution in [3.05, 3.63) is 69.6 Å². The van der Waals surface area contributed by atoms with Gasteiger partial charge in [-0.2, -0.15) is 0 Å². The van der Waals surface area contributed by atoms with Crippen molar-refractivity contribution in [2.24, 2.45) is 0 Å². The van der Waals surface area contributed by atoms with Crippen LogP contribution in [0.5, 0.6) is 0 Å². The average molecular weight is 324 g/mol. The molecule has 0 spiro atoms. The first-order valence-corrected chi connectivity index (χ1v) is 8.65. The van der Waals surface area contributed by atoms with Gasteiger partial charge >= 0.3 is 0 Å². The van der Waals surface area contributed by atoms with Gasteiger partial charge in [-0.3, -0.25) is 9.59 Å². The summed E-state index contributed by atoms with van der Waals surface area (Å²) in [4.78, 5) is 26.6. The van der Waals surface area contributed by atoms with Gasteiger partial charge in [-0.25, -0.2) is 0 Å². The third-order valence-corrected chi connectivity index (χ3v) is 4.81. The smallest absolute Gasteiger partial charge is 0.254 e. The Morgan fingerprint density at radius 3 is 2.79 bits per heavy atom. The molecule has 1 aliphatic heterocycles. The SMILES string of the molecule is CCn1ccc(C(=O)N2CCCC(c3cccc(C)c3)C2)cc1=O. The first kappa shape index (κ1) is 16.5. The zero-order valence-corrected chi connectivity index (χ0v) is 14.4. The summed E-state index contributed by atoms with van der Waals surface area (Å²) in [7, 11) is 0. The second-order valence-electron chi connectivity index (χ2n) is 6.54. The highest BCUT2D eigenvalue weighted by molar-refractivity contribution is 5.94. The van der Waals surface area contributed by atoms with Crippen LogP contribution in [0.15, 0.2) is 47.4 Å². The van der Waals surface area contributed by atoms with Crippen molar-refractivity contribution in [2.45, 2.75) is 39.2 Å². The number of piperidine rings is 1. The Morgan fingerprint density at radius 2 is 2.08 bits per heavy atom. The molecule has 1 aromatic carbocycles. The lowest BCUT2D eigenvalue weighted by Crippen LogP contribution is -2.39. The Hall–Kier alpha value is -2.36. The lowest BCUT2D eigenvalue weighted by atomic mass is 9.89. The summed E-state index contributed by atoms with van der Waals surface area (Å²) in [5.41, 5.74) is 2.93. The topological polar surface area (TPSA) is 42.3 Å². The van der Waals surface area contributed by atoms with E-state index in [-0.39, 0.29) is 11.5 Å². The summed E-state index contributed by atoms with van der Waals surface area (Å²) in [5.74, 6) is 0.339. The Balaban J connectivity index is 1.78. The fourth-order valence-corrected chi connectivity index (χ4v) is 3.44. The van der Waals surface area contributed by atoms with Gasteiger partial charge in [0.1, 0.15) is 0 Å². The van der Waals surface area contributed by atoms with Crippen LogP contribution in [0, 0.1) is 6.92 Å². The monoisotopic (exact) mass is 324 g/mol. The Labute approximate surface area is 142 Å². The molecule has 24 heavy (non-hydrogen) atoms. The number of nitrogens with zero attached hydrogens (tertiary/aromatic N) is 2. The first-order valence-electron chi connectivity index (χ1n) is 8.65. The van der Waals surface area contributed by atoms with E-state index in [1.807, 2.05) is 11.8 Å². The van der Waals surface area contributed by atoms with Crippen LogP contribution in [0.2, 0.25) is 0 Å². The number of amides is 1. The van der Waals surface area contributed by atoms with Crippen molar-refractivity contribution in [2.75, 3.05) is 13.1 Å². The van der Waals surface area contributed by atoms with Gasteiger partial charge in [0.2, 0.25) is 0 Å². The number of hydrogen-bond acceptors (Lipinski definition) is 2. The zero-order chi connectivity index (χ0) is 17.1. The minimum Gasteiger partial charge on any atom is -0.338 e. The van der Waals surface area contributed by atoms with Crippen LogP contribution in [0.3, 0.4) is 0 Å². The molecule has 1 atom stereocenters. The van der Waals surface area contributed by atoms with Crippen LogP contribution in [-0.2, 0) is 6.54 Å². The molecule has 2 heterocycles. The van der Waals surface area contributed by atoms with Crippen LogP contribution in [0.4, 0.5) is 0 Å². The van der Waals surface area contributed by atoms with Crippen molar-refractivity contribution < 1.29 is 4.79 Å². The summed E-state index contributed by atoms with van der Waals surface area (Å²) < 4.78 is 1.60. The molecule has 4 heteroatoms. The molecule has 0 radical (unpaired) electrons. The van der Waals surface area contributed by atoms with Gasteiger partial charge in [0.25, 0.3) is 11.5 Å². The largest absolute Gasteiger partial charge is 0.338 e. The molecule has 1 amide bonds. The molecule has 1 aromatic heterocycles. The average Bonchev–Trinajstić information content (AvgIpc) is 2.61. The van der Waals surface area contributed by atoms with Crippen LogP contribution in [-0.4, -0.2) is 28.5 Å². The van der Waals surface area contributed by atoms with Crippen LogP contribution < -0.4 is 5.56 Å². The van der Waals surface area contributed by atoms with E-state index >= 15 is 0 Å². The van der Waals surface area contributed by atoms with E-state index in [2.05, 4.69) is 31.2 Å². The molecule has 0 N–H and O–H groups in total. The molecule has 0 aliphatic carbocycles. The number of pyridine rings is 1. The lowest BCUT2D eigenvalue weighted by molar-refractivity contribution is 0.0706. The van der Waals surface area contributed by atoms with Gasteiger partial charge in [-0.15, -0.1) is 0 Å². The van der Waals surface area contributed by atoms with Gasteiger partial charge in [0, 0.05) is 43.4 Å². The molecule has 3 rings (SSSR count). The van der Waals surface area contributed by atoms with E-state index in [9.17, 15) is 9.59 Å². The number of rotatable bonds is 3. The highest BCUT2D eigenvalue weighted by Crippen LogP contribution is 2.28. The third kappa shape index (κ3) is 3.42. The molecule has 1 unspecified atom stereocenters. The maximum absolute atomic E-state index is 12.8. The number of likely N-dealkylation sites (tertiary alicyclic amines) is 1. The van der Waals surface area contributed by atoms with E-state index in [1.165, 1.54) is 17.2 Å². The molecular weight excluding hydrogens is 300 g/mol. The van der Waals surface area contributed by atoms with Crippen LogP contribution >= 0.6 is 0 Å². The number of hydrogen-bond donors (Lipinski definition) is 0. The Bertz CT molecular complexity index is 794. The molecule has 126 valence electrons. The minimum atomic E-state index is -0.115. The van der Waals surface area contributed by atoms with Crippen LogP contribution in [0.25, 0.3) is 0 Å². The number of carbonyl (C=O) groups is 1. The molecule has 4 nitrogen and oxygen atoms in total. The molecule has 1 saturated heterocycles. The third-order valence-electron chi connectivity index (χ3n) is 4.81. The minimum absolute atomic E-state index is 0.0345. The van der Waals surface area contributed by atoms with Crippen LogP contribution in [0.1, 0.15) is 47.2 Å². The Kier molecular flexibility index (Phi) is 4.84. The Morgan fingerprint density at radius 1 is 1.25 bits per heavy atom. The summed E-state index contributed by atoms with van der Waals surface area (Å²) in [5, 5.41) is 0. The normalized spacial score (nSPS) is 17.8. The second kappa shape index (κ2) is 7.04. The van der Waals surface area contributed by atoms with Gasteiger partial charge in [-0.1, -0.05) is 29.8 Å². The van der Waals surface area contributed by atoms with E-state index in [1.54, 1.807) is 16.8 Å². The molecule has 0 saturated carbocycles. The van der Waals surface area contributed by atoms with Gasteiger partial charge < -0.3 is 9.47 Å². The molecule has 1 fully saturated rings. The summed E-state index contributed by atoms with van der Waals surface area (Å²) in [6, 6.07) is 11.7. The summed E-state index contributed by atoms with van der Waals surface area (Å²) >= 11 is 0. The quantitative estimate of drug-likeness (QED) is 0.870.